The molecule has 1 aliphatic rings. The second-order valence-electron chi connectivity index (χ2n) is 4.77. The molecule has 2 N–H and O–H groups in total. The van der Waals surface area contributed by atoms with Gasteiger partial charge in [-0.1, -0.05) is 18.2 Å². The molecule has 18 heavy (non-hydrogen) atoms. The first-order valence-electron chi connectivity index (χ1n) is 6.02. The van der Waals surface area contributed by atoms with E-state index in [9.17, 15) is 4.39 Å². The Balaban J connectivity index is 1.94. The Hall–Kier alpha value is -2.03. The van der Waals surface area contributed by atoms with Gasteiger partial charge >= 0.3 is 0 Å². The fourth-order valence-electron chi connectivity index (χ4n) is 2.41. The average molecular weight is 242 g/mol. The second-order valence-corrected chi connectivity index (χ2v) is 4.77. The number of nitrogen functional groups attached to an aromatic ring is 1. The van der Waals surface area contributed by atoms with Crippen LogP contribution in [0.25, 0.3) is 0 Å². The summed E-state index contributed by atoms with van der Waals surface area (Å²) in [6, 6.07) is 11.3. The van der Waals surface area contributed by atoms with E-state index < -0.39 is 0 Å². The SMILES string of the molecule is Cc1ccc(N2Cc3cccc(N)c3C2)cc1F. The fourth-order valence-corrected chi connectivity index (χ4v) is 2.41. The van der Waals surface area contributed by atoms with Gasteiger partial charge in [0.25, 0.3) is 0 Å². The molecule has 2 nitrogen and oxygen atoms in total. The van der Waals surface area contributed by atoms with Crippen molar-refractivity contribution in [3.05, 3.63) is 58.9 Å². The lowest BCUT2D eigenvalue weighted by atomic mass is 10.1. The molecule has 0 atom stereocenters. The Morgan fingerprint density at radius 3 is 2.72 bits per heavy atom. The maximum absolute atomic E-state index is 13.6. The van der Waals surface area contributed by atoms with Gasteiger partial charge in [0, 0.05) is 24.5 Å². The first-order chi connectivity index (χ1) is 8.65. The zero-order valence-electron chi connectivity index (χ0n) is 10.3. The topological polar surface area (TPSA) is 29.3 Å². The number of fused-ring (bicyclic) bond motifs is 1. The summed E-state index contributed by atoms with van der Waals surface area (Å²) in [5.41, 5.74) is 10.8. The van der Waals surface area contributed by atoms with Gasteiger partial charge in [-0.15, -0.1) is 0 Å². The monoisotopic (exact) mass is 242 g/mol. The molecule has 0 radical (unpaired) electrons. The van der Waals surface area contributed by atoms with Gasteiger partial charge in [-0.05, 0) is 41.8 Å². The highest BCUT2D eigenvalue weighted by Crippen LogP contribution is 2.31. The normalized spacial score (nSPS) is 13.8. The summed E-state index contributed by atoms with van der Waals surface area (Å²) >= 11 is 0. The molecule has 0 aromatic heterocycles. The van der Waals surface area contributed by atoms with Gasteiger partial charge in [0.1, 0.15) is 5.82 Å². The second kappa shape index (κ2) is 4.02. The summed E-state index contributed by atoms with van der Waals surface area (Å²) in [6.07, 6.45) is 0. The Morgan fingerprint density at radius 1 is 1.17 bits per heavy atom. The van der Waals surface area contributed by atoms with Gasteiger partial charge in [-0.2, -0.15) is 0 Å². The molecule has 2 aromatic rings. The third-order valence-electron chi connectivity index (χ3n) is 3.54. The van der Waals surface area contributed by atoms with E-state index in [-0.39, 0.29) is 5.82 Å². The molecule has 92 valence electrons. The van der Waals surface area contributed by atoms with Crippen LogP contribution in [0, 0.1) is 12.7 Å². The van der Waals surface area contributed by atoms with E-state index in [4.69, 9.17) is 5.73 Å². The number of halogens is 1. The standard InChI is InChI=1S/C15H15FN2/c1-10-5-6-12(7-14(10)16)18-8-11-3-2-4-15(17)13(11)9-18/h2-7H,8-9,17H2,1H3. The van der Waals surface area contributed by atoms with Crippen LogP contribution < -0.4 is 10.6 Å². The molecule has 3 heteroatoms. The molecule has 0 aliphatic carbocycles. The lowest BCUT2D eigenvalue weighted by Crippen LogP contribution is -2.14. The summed E-state index contributed by atoms with van der Waals surface area (Å²) in [7, 11) is 0. The highest BCUT2D eigenvalue weighted by Gasteiger charge is 2.21. The van der Waals surface area contributed by atoms with Crippen LogP contribution >= 0.6 is 0 Å². The predicted octanol–water partition coefficient (Wildman–Crippen LogP) is 3.24. The number of aryl methyl sites for hydroxylation is 1. The Labute approximate surface area is 106 Å². The molecule has 1 aliphatic heterocycles. The van der Waals surface area contributed by atoms with Crippen molar-refractivity contribution in [2.24, 2.45) is 0 Å². The van der Waals surface area contributed by atoms with Crippen LogP contribution in [0.3, 0.4) is 0 Å². The number of rotatable bonds is 1. The number of hydrogen-bond acceptors (Lipinski definition) is 2. The van der Waals surface area contributed by atoms with Gasteiger partial charge in [0.05, 0.1) is 0 Å². The molecule has 1 heterocycles. The maximum Gasteiger partial charge on any atom is 0.128 e. The van der Waals surface area contributed by atoms with Gasteiger partial charge in [-0.25, -0.2) is 4.39 Å². The molecular weight excluding hydrogens is 227 g/mol. The largest absolute Gasteiger partial charge is 0.398 e. The lowest BCUT2D eigenvalue weighted by Gasteiger charge is -2.18. The van der Waals surface area contributed by atoms with Crippen LogP contribution in [0.1, 0.15) is 16.7 Å². The van der Waals surface area contributed by atoms with Crippen molar-refractivity contribution in [2.45, 2.75) is 20.0 Å². The molecule has 0 saturated carbocycles. The van der Waals surface area contributed by atoms with Crippen molar-refractivity contribution in [1.82, 2.24) is 0 Å². The molecule has 0 fully saturated rings. The Kier molecular flexibility index (Phi) is 2.47. The van der Waals surface area contributed by atoms with Crippen LogP contribution in [-0.4, -0.2) is 0 Å². The van der Waals surface area contributed by atoms with Crippen LogP contribution in [0.15, 0.2) is 36.4 Å². The van der Waals surface area contributed by atoms with Crippen molar-refractivity contribution in [3.63, 3.8) is 0 Å². The van der Waals surface area contributed by atoms with Crippen LogP contribution in [0.2, 0.25) is 0 Å². The number of hydrogen-bond donors (Lipinski definition) is 1. The summed E-state index contributed by atoms with van der Waals surface area (Å²) in [6.45, 7) is 3.32. The highest BCUT2D eigenvalue weighted by atomic mass is 19.1. The lowest BCUT2D eigenvalue weighted by molar-refractivity contribution is 0.617. The van der Waals surface area contributed by atoms with Crippen LogP contribution in [0.5, 0.6) is 0 Å². The molecular formula is C15H15FN2. The molecule has 0 unspecified atom stereocenters. The molecule has 2 aromatic carbocycles. The summed E-state index contributed by atoms with van der Waals surface area (Å²) in [5, 5.41) is 0. The number of nitrogens with two attached hydrogens (primary N) is 1. The van der Waals surface area contributed by atoms with Gasteiger partial charge in [0.15, 0.2) is 0 Å². The predicted molar refractivity (Wildman–Crippen MR) is 71.9 cm³/mol. The van der Waals surface area contributed by atoms with E-state index in [0.717, 1.165) is 24.5 Å². The average Bonchev–Trinajstić information content (AvgIpc) is 2.78. The zero-order valence-corrected chi connectivity index (χ0v) is 10.3. The Morgan fingerprint density at radius 2 is 2.00 bits per heavy atom. The van der Waals surface area contributed by atoms with E-state index >= 15 is 0 Å². The number of benzene rings is 2. The van der Waals surface area contributed by atoms with Crippen molar-refractivity contribution in [2.75, 3.05) is 10.6 Å². The van der Waals surface area contributed by atoms with Crippen molar-refractivity contribution in [3.8, 4) is 0 Å². The van der Waals surface area contributed by atoms with E-state index in [0.29, 0.717) is 5.56 Å². The van der Waals surface area contributed by atoms with E-state index in [2.05, 4.69) is 11.0 Å². The molecule has 0 amide bonds. The zero-order chi connectivity index (χ0) is 12.7. The van der Waals surface area contributed by atoms with Crippen LogP contribution in [0.4, 0.5) is 15.8 Å². The highest BCUT2D eigenvalue weighted by molar-refractivity contribution is 5.59. The third-order valence-corrected chi connectivity index (χ3v) is 3.54. The summed E-state index contributed by atoms with van der Waals surface area (Å²) < 4.78 is 13.6. The first kappa shape index (κ1) is 11.1. The minimum Gasteiger partial charge on any atom is -0.398 e. The minimum absolute atomic E-state index is 0.156. The molecule has 3 rings (SSSR count). The fraction of sp³-hybridized carbons (Fsp3) is 0.200. The van der Waals surface area contributed by atoms with Gasteiger partial charge in [-0.3, -0.25) is 0 Å². The van der Waals surface area contributed by atoms with Crippen LogP contribution in [-0.2, 0) is 13.1 Å². The Bertz CT molecular complexity index is 607. The maximum atomic E-state index is 13.6. The van der Waals surface area contributed by atoms with E-state index in [1.54, 1.807) is 13.0 Å². The van der Waals surface area contributed by atoms with Crippen molar-refractivity contribution < 1.29 is 4.39 Å². The quantitative estimate of drug-likeness (QED) is 0.778. The minimum atomic E-state index is -0.156. The summed E-state index contributed by atoms with van der Waals surface area (Å²) in [4.78, 5) is 2.14. The van der Waals surface area contributed by atoms with Gasteiger partial charge < -0.3 is 10.6 Å². The molecule has 0 saturated heterocycles. The smallest absolute Gasteiger partial charge is 0.128 e. The van der Waals surface area contributed by atoms with E-state index in [1.165, 1.54) is 11.1 Å². The van der Waals surface area contributed by atoms with Crippen molar-refractivity contribution in [1.29, 1.82) is 0 Å². The molecule has 0 spiro atoms. The summed E-state index contributed by atoms with van der Waals surface area (Å²) in [5.74, 6) is -0.156. The number of nitrogens with zero attached hydrogens (tertiary/aromatic N) is 1. The number of anilines is 2. The van der Waals surface area contributed by atoms with Gasteiger partial charge in [0.2, 0.25) is 0 Å². The van der Waals surface area contributed by atoms with Crippen molar-refractivity contribution >= 4 is 11.4 Å². The van der Waals surface area contributed by atoms with E-state index in [1.807, 2.05) is 24.3 Å². The third kappa shape index (κ3) is 1.72. The first-order valence-corrected chi connectivity index (χ1v) is 6.02. The molecule has 0 bridgehead atoms.